The Balaban J connectivity index is 0.000000244. The Morgan fingerprint density at radius 2 is 1.66 bits per heavy atom. The molecule has 1 aromatic heterocycles. The van der Waals surface area contributed by atoms with Crippen LogP contribution in [0.2, 0.25) is 0 Å². The molecule has 202 valence electrons. The molecule has 1 atom stereocenters. The van der Waals surface area contributed by atoms with Gasteiger partial charge in [0.1, 0.15) is 29.0 Å². The van der Waals surface area contributed by atoms with Crippen LogP contribution in [-0.2, 0) is 11.8 Å². The highest BCUT2D eigenvalue weighted by molar-refractivity contribution is 5.95. The number of carbonyl (C=O) groups is 2. The summed E-state index contributed by atoms with van der Waals surface area (Å²) >= 11 is 0. The second-order valence-electron chi connectivity index (χ2n) is 8.17. The summed E-state index contributed by atoms with van der Waals surface area (Å²) in [7, 11) is 4.36. The summed E-state index contributed by atoms with van der Waals surface area (Å²) < 4.78 is 62.3. The molecular weight excluding hydrogens is 510 g/mol. The summed E-state index contributed by atoms with van der Waals surface area (Å²) in [6.45, 7) is -2.74. The van der Waals surface area contributed by atoms with Gasteiger partial charge in [-0.25, -0.2) is 8.78 Å². The molecule has 0 spiro atoms. The molecule has 0 saturated carbocycles. The molecule has 12 heteroatoms. The number of hydrogen-bond acceptors (Lipinski definition) is 5. The predicted octanol–water partition coefficient (Wildman–Crippen LogP) is 3.84. The van der Waals surface area contributed by atoms with Crippen LogP contribution in [0.5, 0.6) is 11.5 Å². The van der Waals surface area contributed by atoms with Crippen LogP contribution in [0.3, 0.4) is 0 Å². The number of carbonyl (C=O) groups excluding carboxylic acids is 2. The standard InChI is InChI=1S/C17H16F2N2O3.C9H9F2NO2/c1-20-14(4-3-5-15(20)22)21-9-10(6-16(21)23)17-12(18)7-11(24-2)8-13(17)19;1-12-8(13)6-2-4-7(5-3-6)14-9(10)11/h3-5,7-8,10H,6,9H2,1-2H3;2-5,9H,1H3,(H,12,13). The number of pyridine rings is 1. The van der Waals surface area contributed by atoms with Gasteiger partial charge >= 0.3 is 6.61 Å². The summed E-state index contributed by atoms with van der Waals surface area (Å²) in [6.07, 6.45) is -0.0246. The summed E-state index contributed by atoms with van der Waals surface area (Å²) in [5, 5.41) is 2.41. The number of aromatic nitrogens is 1. The second kappa shape index (κ2) is 12.3. The largest absolute Gasteiger partial charge is 0.497 e. The maximum atomic E-state index is 14.2. The maximum absolute atomic E-state index is 14.2. The van der Waals surface area contributed by atoms with Crippen molar-refractivity contribution in [1.82, 2.24) is 9.88 Å². The summed E-state index contributed by atoms with van der Waals surface area (Å²) in [5.74, 6) is -2.14. The number of amides is 2. The van der Waals surface area contributed by atoms with Gasteiger partial charge in [0.25, 0.3) is 11.5 Å². The van der Waals surface area contributed by atoms with E-state index in [1.165, 1.54) is 54.0 Å². The number of nitrogens with one attached hydrogen (secondary N) is 1. The van der Waals surface area contributed by atoms with Gasteiger partial charge in [0, 0.05) is 62.3 Å². The van der Waals surface area contributed by atoms with E-state index in [4.69, 9.17) is 4.74 Å². The van der Waals surface area contributed by atoms with E-state index in [-0.39, 0.29) is 47.4 Å². The lowest BCUT2D eigenvalue weighted by Crippen LogP contribution is -2.31. The van der Waals surface area contributed by atoms with Crippen molar-refractivity contribution in [3.8, 4) is 11.5 Å². The Morgan fingerprint density at radius 3 is 2.21 bits per heavy atom. The average molecular weight is 535 g/mol. The monoisotopic (exact) mass is 535 g/mol. The van der Waals surface area contributed by atoms with Crippen molar-refractivity contribution >= 4 is 17.6 Å². The van der Waals surface area contributed by atoms with Crippen LogP contribution in [-0.4, -0.2) is 43.7 Å². The zero-order chi connectivity index (χ0) is 28.0. The van der Waals surface area contributed by atoms with Crippen LogP contribution in [0, 0.1) is 11.6 Å². The van der Waals surface area contributed by atoms with Gasteiger partial charge in [-0.3, -0.25) is 23.9 Å². The molecule has 2 aromatic carbocycles. The molecule has 38 heavy (non-hydrogen) atoms. The number of ether oxygens (including phenoxy) is 2. The van der Waals surface area contributed by atoms with Crippen LogP contribution in [0.4, 0.5) is 23.4 Å². The van der Waals surface area contributed by atoms with E-state index in [1.807, 2.05) is 0 Å². The SMILES string of the molecule is CNC(=O)c1ccc(OC(F)F)cc1.COc1cc(F)c(C2CC(=O)N(c3cccc(=O)n3C)C2)c(F)c1. The maximum Gasteiger partial charge on any atom is 0.387 e. The molecule has 0 radical (unpaired) electrons. The van der Waals surface area contributed by atoms with E-state index < -0.39 is 24.2 Å². The zero-order valence-electron chi connectivity index (χ0n) is 20.7. The third-order valence-corrected chi connectivity index (χ3v) is 5.83. The van der Waals surface area contributed by atoms with Crippen molar-refractivity contribution in [3.05, 3.63) is 87.7 Å². The van der Waals surface area contributed by atoms with E-state index in [9.17, 15) is 31.9 Å². The number of halogens is 4. The van der Waals surface area contributed by atoms with Gasteiger partial charge in [0.2, 0.25) is 5.91 Å². The third kappa shape index (κ3) is 6.50. The molecule has 1 unspecified atom stereocenters. The van der Waals surface area contributed by atoms with Crippen molar-refractivity contribution < 1.29 is 36.6 Å². The number of methoxy groups -OCH3 is 1. The fraction of sp³-hybridized carbons (Fsp3) is 0.269. The molecular formula is C26H25F4N3O5. The van der Waals surface area contributed by atoms with Crippen molar-refractivity contribution in [1.29, 1.82) is 0 Å². The first-order valence-corrected chi connectivity index (χ1v) is 11.3. The zero-order valence-corrected chi connectivity index (χ0v) is 20.7. The highest BCUT2D eigenvalue weighted by Gasteiger charge is 2.36. The minimum atomic E-state index is -2.85. The Bertz CT molecular complexity index is 1340. The molecule has 4 rings (SSSR count). The molecule has 1 saturated heterocycles. The van der Waals surface area contributed by atoms with Crippen LogP contribution >= 0.6 is 0 Å². The molecule has 0 bridgehead atoms. The van der Waals surface area contributed by atoms with Crippen LogP contribution < -0.4 is 25.2 Å². The van der Waals surface area contributed by atoms with Crippen LogP contribution in [0.15, 0.2) is 59.4 Å². The van der Waals surface area contributed by atoms with E-state index in [1.54, 1.807) is 19.2 Å². The molecule has 2 amide bonds. The lowest BCUT2D eigenvalue weighted by molar-refractivity contribution is -0.117. The van der Waals surface area contributed by atoms with Gasteiger partial charge in [-0.05, 0) is 30.3 Å². The van der Waals surface area contributed by atoms with E-state index in [0.717, 1.165) is 12.1 Å². The van der Waals surface area contributed by atoms with E-state index in [2.05, 4.69) is 10.1 Å². The Labute approximate surface area is 215 Å². The topological polar surface area (TPSA) is 89.9 Å². The summed E-state index contributed by atoms with van der Waals surface area (Å²) in [4.78, 5) is 36.5. The minimum Gasteiger partial charge on any atom is -0.497 e. The fourth-order valence-corrected chi connectivity index (χ4v) is 3.95. The lowest BCUT2D eigenvalue weighted by atomic mass is 9.97. The quantitative estimate of drug-likeness (QED) is 0.485. The fourth-order valence-electron chi connectivity index (χ4n) is 3.95. The van der Waals surface area contributed by atoms with Crippen molar-refractivity contribution in [2.75, 3.05) is 25.6 Å². The number of alkyl halides is 2. The molecule has 1 aliphatic rings. The lowest BCUT2D eigenvalue weighted by Gasteiger charge is -2.20. The van der Waals surface area contributed by atoms with Gasteiger partial charge in [0.05, 0.1) is 7.11 Å². The normalized spacial score (nSPS) is 14.7. The number of rotatable bonds is 6. The average Bonchev–Trinajstić information content (AvgIpc) is 3.25. The Morgan fingerprint density at radius 1 is 1.03 bits per heavy atom. The van der Waals surface area contributed by atoms with Gasteiger partial charge in [-0.2, -0.15) is 8.78 Å². The molecule has 8 nitrogen and oxygen atoms in total. The van der Waals surface area contributed by atoms with Gasteiger partial charge in [-0.1, -0.05) is 6.07 Å². The molecule has 0 aliphatic carbocycles. The van der Waals surface area contributed by atoms with Gasteiger partial charge in [-0.15, -0.1) is 0 Å². The molecule has 3 aromatic rings. The molecule has 1 fully saturated rings. The summed E-state index contributed by atoms with van der Waals surface area (Å²) in [6, 6.07) is 12.2. The first kappa shape index (κ1) is 28.2. The minimum absolute atomic E-state index is 0.0246. The third-order valence-electron chi connectivity index (χ3n) is 5.83. The summed E-state index contributed by atoms with van der Waals surface area (Å²) in [5.41, 5.74) is 0.00672. The number of anilines is 1. The molecule has 1 N–H and O–H groups in total. The second-order valence-corrected chi connectivity index (χ2v) is 8.17. The van der Waals surface area contributed by atoms with Crippen LogP contribution in [0.25, 0.3) is 0 Å². The number of benzene rings is 2. The Kier molecular flexibility index (Phi) is 9.11. The van der Waals surface area contributed by atoms with Crippen molar-refractivity contribution in [3.63, 3.8) is 0 Å². The van der Waals surface area contributed by atoms with E-state index in [0.29, 0.717) is 11.4 Å². The van der Waals surface area contributed by atoms with Crippen molar-refractivity contribution in [2.24, 2.45) is 7.05 Å². The molecule has 1 aliphatic heterocycles. The van der Waals surface area contributed by atoms with Crippen molar-refractivity contribution in [2.45, 2.75) is 19.0 Å². The van der Waals surface area contributed by atoms with Gasteiger partial charge in [0.15, 0.2) is 0 Å². The highest BCUT2D eigenvalue weighted by Crippen LogP contribution is 2.35. The predicted molar refractivity (Wildman–Crippen MR) is 131 cm³/mol. The first-order chi connectivity index (χ1) is 18.0. The number of nitrogens with zero attached hydrogens (tertiary/aromatic N) is 2. The molecule has 2 heterocycles. The highest BCUT2D eigenvalue weighted by atomic mass is 19.3. The first-order valence-electron chi connectivity index (χ1n) is 11.3. The number of hydrogen-bond donors (Lipinski definition) is 1. The smallest absolute Gasteiger partial charge is 0.387 e. The van der Waals surface area contributed by atoms with E-state index >= 15 is 0 Å². The Hall–Kier alpha value is -4.35. The van der Waals surface area contributed by atoms with Gasteiger partial charge < -0.3 is 14.8 Å². The van der Waals surface area contributed by atoms with Crippen LogP contribution in [0.1, 0.15) is 28.3 Å².